The van der Waals surface area contributed by atoms with Gasteiger partial charge in [-0.25, -0.2) is 0 Å². The number of fused-ring (bicyclic) bond motifs is 11. The first-order valence-corrected chi connectivity index (χ1v) is 24.6. The molecule has 0 N–H and O–H groups in total. The molecule has 312 valence electrons. The van der Waals surface area contributed by atoms with Crippen LogP contribution in [-0.2, 0) is 16.5 Å². The Bertz CT molecular complexity index is 3500. The molecule has 1 unspecified atom stereocenters. The van der Waals surface area contributed by atoms with Crippen molar-refractivity contribution in [2.45, 2.75) is 120 Å². The summed E-state index contributed by atoms with van der Waals surface area (Å²) in [6, 6.07) is 46.4. The Morgan fingerprint density at radius 1 is 0.469 bits per heavy atom. The number of hydrogen-bond acceptors (Lipinski definition) is 2. The maximum atomic E-state index is 2.90. The molecule has 5 heteroatoms. The number of rotatable bonds is 2. The SMILES string of the molecule is CC1(C)c2ccccc2N2c3c1ccc1c3C34c5c6c(cc7c8ccccc8n(c57)-c5cc(C7CCCCC7)cc([n+]53)-c3cc(C5CCCCC5)cc2[n+]34)C(C)(C)c2ccccc2N16. The minimum Gasteiger partial charge on any atom is -0.308 e. The Morgan fingerprint density at radius 2 is 1.03 bits per heavy atom. The molecule has 9 heterocycles. The van der Waals surface area contributed by atoms with E-state index in [0.29, 0.717) is 11.8 Å². The Morgan fingerprint density at radius 3 is 1.72 bits per heavy atom. The number of pyridine rings is 2. The lowest BCUT2D eigenvalue weighted by Crippen LogP contribution is -2.76. The average molecular weight is 832 g/mol. The Kier molecular flexibility index (Phi) is 6.24. The van der Waals surface area contributed by atoms with E-state index in [-0.39, 0.29) is 10.8 Å². The summed E-state index contributed by atoms with van der Waals surface area (Å²) in [5.41, 5.74) is 22.5. The fourth-order valence-corrected chi connectivity index (χ4v) is 15.3. The third-order valence-corrected chi connectivity index (χ3v) is 18.1. The van der Waals surface area contributed by atoms with Crippen molar-refractivity contribution in [3.8, 4) is 17.2 Å². The maximum Gasteiger partial charge on any atom is 0.319 e. The van der Waals surface area contributed by atoms with Crippen molar-refractivity contribution in [3.05, 3.63) is 160 Å². The van der Waals surface area contributed by atoms with Gasteiger partial charge in [-0.05, 0) is 108 Å². The van der Waals surface area contributed by atoms with Gasteiger partial charge in [-0.15, -0.1) is 0 Å². The zero-order valence-corrected chi connectivity index (χ0v) is 37.4. The molecule has 6 aliphatic heterocycles. The van der Waals surface area contributed by atoms with Gasteiger partial charge in [0.15, 0.2) is 22.6 Å². The highest BCUT2D eigenvalue weighted by Crippen LogP contribution is 2.68. The predicted molar refractivity (Wildman–Crippen MR) is 257 cm³/mol. The fraction of sp³-hybridized carbons (Fsp3) is 0.322. The van der Waals surface area contributed by atoms with E-state index in [1.165, 1.54) is 182 Å². The van der Waals surface area contributed by atoms with E-state index >= 15 is 0 Å². The van der Waals surface area contributed by atoms with Crippen LogP contribution < -0.4 is 18.9 Å². The zero-order valence-electron chi connectivity index (χ0n) is 37.4. The van der Waals surface area contributed by atoms with Gasteiger partial charge in [-0.3, -0.25) is 0 Å². The first-order chi connectivity index (χ1) is 31.3. The number of anilines is 6. The second-order valence-corrected chi connectivity index (χ2v) is 21.8. The lowest BCUT2D eigenvalue weighted by molar-refractivity contribution is -0.931. The Labute approximate surface area is 375 Å². The second-order valence-electron chi connectivity index (χ2n) is 21.8. The molecule has 2 saturated carbocycles. The van der Waals surface area contributed by atoms with E-state index < -0.39 is 5.66 Å². The van der Waals surface area contributed by atoms with Crippen LogP contribution in [0.3, 0.4) is 0 Å². The smallest absolute Gasteiger partial charge is 0.308 e. The van der Waals surface area contributed by atoms with Crippen LogP contribution in [0.5, 0.6) is 0 Å². The molecule has 2 aliphatic carbocycles. The molecule has 8 aromatic rings. The molecule has 0 saturated heterocycles. The van der Waals surface area contributed by atoms with E-state index in [9.17, 15) is 0 Å². The van der Waals surface area contributed by atoms with E-state index in [0.717, 1.165) is 0 Å². The van der Waals surface area contributed by atoms with Gasteiger partial charge in [0.1, 0.15) is 22.3 Å². The molecule has 0 radical (unpaired) electrons. The van der Waals surface area contributed by atoms with Crippen molar-refractivity contribution in [1.82, 2.24) is 4.57 Å². The van der Waals surface area contributed by atoms with Crippen LogP contribution in [-0.4, -0.2) is 4.57 Å². The van der Waals surface area contributed by atoms with E-state index in [4.69, 9.17) is 0 Å². The van der Waals surface area contributed by atoms with Gasteiger partial charge in [0.2, 0.25) is 0 Å². The third-order valence-electron chi connectivity index (χ3n) is 18.1. The summed E-state index contributed by atoms with van der Waals surface area (Å²) in [6.45, 7) is 9.93. The van der Waals surface area contributed by atoms with Gasteiger partial charge in [-0.2, -0.15) is 18.6 Å². The molecule has 8 aliphatic rings. The highest BCUT2D eigenvalue weighted by atomic mass is 15.5. The Hall–Kier alpha value is -6.20. The van der Waals surface area contributed by atoms with E-state index in [1.54, 1.807) is 0 Å². The largest absolute Gasteiger partial charge is 0.319 e. The number of benzene rings is 5. The highest BCUT2D eigenvalue weighted by molar-refractivity contribution is 6.15. The molecule has 1 spiro atoms. The summed E-state index contributed by atoms with van der Waals surface area (Å²) in [6.07, 6.45) is 13.0. The van der Waals surface area contributed by atoms with Gasteiger partial charge >= 0.3 is 5.66 Å². The summed E-state index contributed by atoms with van der Waals surface area (Å²) in [5.74, 6) is 3.76. The average Bonchev–Trinajstić information content (AvgIpc) is 3.82. The minimum absolute atomic E-state index is 0.220. The van der Waals surface area contributed by atoms with Crippen molar-refractivity contribution in [3.63, 3.8) is 0 Å². The van der Waals surface area contributed by atoms with Crippen molar-refractivity contribution < 1.29 is 9.13 Å². The zero-order chi connectivity index (χ0) is 42.2. The first-order valence-electron chi connectivity index (χ1n) is 24.6. The second kappa shape index (κ2) is 11.4. The normalized spacial score (nSPS) is 21.9. The molecule has 2 fully saturated rings. The summed E-state index contributed by atoms with van der Waals surface area (Å²) in [5, 5.41) is 2.72. The maximum absolute atomic E-state index is 2.90. The summed E-state index contributed by atoms with van der Waals surface area (Å²) < 4.78 is 8.52. The van der Waals surface area contributed by atoms with Crippen LogP contribution in [0, 0.1) is 0 Å². The fourth-order valence-electron chi connectivity index (χ4n) is 15.3. The lowest BCUT2D eigenvalue weighted by atomic mass is 9.66. The topological polar surface area (TPSA) is 19.2 Å². The number of para-hydroxylation sites is 3. The Balaban J connectivity index is 1.18. The minimum atomic E-state index is -0.669. The lowest BCUT2D eigenvalue weighted by Gasteiger charge is -2.52. The van der Waals surface area contributed by atoms with Crippen LogP contribution in [0.4, 0.5) is 34.3 Å². The predicted octanol–water partition coefficient (Wildman–Crippen LogP) is 13.9. The van der Waals surface area contributed by atoms with Crippen molar-refractivity contribution in [2.75, 3.05) is 9.80 Å². The molecular weight excluding hydrogens is 779 g/mol. The third kappa shape index (κ3) is 3.74. The van der Waals surface area contributed by atoms with Crippen molar-refractivity contribution in [2.24, 2.45) is 0 Å². The molecule has 1 atom stereocenters. The van der Waals surface area contributed by atoms with Crippen LogP contribution in [0.25, 0.3) is 39.0 Å². The van der Waals surface area contributed by atoms with Crippen molar-refractivity contribution in [1.29, 1.82) is 0 Å². The van der Waals surface area contributed by atoms with Gasteiger partial charge in [0.05, 0.1) is 17.1 Å². The molecule has 64 heavy (non-hydrogen) atoms. The van der Waals surface area contributed by atoms with Crippen molar-refractivity contribution >= 4 is 56.1 Å². The van der Waals surface area contributed by atoms with Crippen LogP contribution in [0.15, 0.2) is 115 Å². The van der Waals surface area contributed by atoms with E-state index in [1.807, 2.05) is 0 Å². The van der Waals surface area contributed by atoms with Crippen LogP contribution in [0.2, 0.25) is 0 Å². The highest BCUT2D eigenvalue weighted by Gasteiger charge is 2.72. The molecule has 3 aromatic heterocycles. The standard InChI is InChI=1S/C59H53N5/c1-57(2)41-23-13-16-26-46(41)62-51-32-37(35-19-9-6-10-20-35)30-49-48-29-36(34-17-7-5-8-18-34)31-50-61-44-24-14-11-21-38(44)39-33-43-56-53(54(39)61)59(63(48)50,64(49)51)52-47(28-27-42(57)55(52)62)60(56)45-25-15-12-22-40(45)58(43,3)4/h11-16,21-35H,5-10,17-20H2,1-4H3/q+2. The first kappa shape index (κ1) is 35.2. The molecule has 16 rings (SSSR count). The summed E-state index contributed by atoms with van der Waals surface area (Å²) in [7, 11) is 0. The van der Waals surface area contributed by atoms with Crippen LogP contribution in [0.1, 0.15) is 148 Å². The molecule has 5 nitrogen and oxygen atoms in total. The van der Waals surface area contributed by atoms with Gasteiger partial charge in [0, 0.05) is 44.9 Å². The summed E-state index contributed by atoms with van der Waals surface area (Å²) >= 11 is 0. The molecule has 0 bridgehead atoms. The van der Waals surface area contributed by atoms with E-state index in [2.05, 4.69) is 166 Å². The number of nitrogens with zero attached hydrogens (tertiary/aromatic N) is 5. The number of aromatic nitrogens is 3. The molecular formula is C59H53N5+2. The summed E-state index contributed by atoms with van der Waals surface area (Å²) in [4.78, 5) is 5.47. The quantitative estimate of drug-likeness (QED) is 0.162. The molecule has 5 aromatic carbocycles. The molecule has 0 amide bonds. The monoisotopic (exact) mass is 831 g/mol. The van der Waals surface area contributed by atoms with Gasteiger partial charge in [-0.1, -0.05) is 121 Å². The van der Waals surface area contributed by atoms with Gasteiger partial charge < -0.3 is 4.90 Å². The van der Waals surface area contributed by atoms with Gasteiger partial charge in [0.25, 0.3) is 11.6 Å². The number of hydrogen-bond donors (Lipinski definition) is 0. The van der Waals surface area contributed by atoms with Crippen LogP contribution >= 0.6 is 0 Å².